The number of nitrogens with zero attached hydrogens (tertiary/aromatic N) is 3. The second-order valence-electron chi connectivity index (χ2n) is 5.80. The molecule has 0 bridgehead atoms. The fourth-order valence-electron chi connectivity index (χ4n) is 2.12. The van der Waals surface area contributed by atoms with Gasteiger partial charge < -0.3 is 14.4 Å². The molecule has 0 spiro atoms. The minimum Gasteiger partial charge on any atom is -0.465 e. The van der Waals surface area contributed by atoms with Gasteiger partial charge in [0.05, 0.1) is 25.3 Å². The number of methoxy groups -OCH3 is 2. The van der Waals surface area contributed by atoms with E-state index in [9.17, 15) is 9.59 Å². The van der Waals surface area contributed by atoms with Crippen molar-refractivity contribution < 1.29 is 19.1 Å². The summed E-state index contributed by atoms with van der Waals surface area (Å²) in [6, 6.07) is 5.97. The molecule has 0 saturated carbocycles. The monoisotopic (exact) mass is 461 g/mol. The minimum atomic E-state index is -0.485. The smallest absolute Gasteiger partial charge is 0.338 e. The molecule has 29 heavy (non-hydrogen) atoms. The fraction of sp³-hybridized carbons (Fsp3) is 0.368. The average molecular weight is 463 g/mol. The van der Waals surface area contributed by atoms with E-state index in [2.05, 4.69) is 26.4 Å². The molecule has 2 aromatic rings. The summed E-state index contributed by atoms with van der Waals surface area (Å²) >= 11 is 17.0. The third-order valence-electron chi connectivity index (χ3n) is 3.62. The molecule has 0 aromatic carbocycles. The van der Waals surface area contributed by atoms with Crippen LogP contribution in [0.15, 0.2) is 24.3 Å². The van der Waals surface area contributed by atoms with Gasteiger partial charge in [0.1, 0.15) is 21.3 Å². The van der Waals surface area contributed by atoms with Crippen LogP contribution < -0.4 is 4.90 Å². The molecular weight excluding hydrogens is 441 g/mol. The molecule has 7 nitrogen and oxygen atoms in total. The third-order valence-corrected chi connectivity index (χ3v) is 4.20. The largest absolute Gasteiger partial charge is 0.465 e. The number of carbonyl (C=O) groups is 2. The van der Waals surface area contributed by atoms with Crippen LogP contribution in [0.3, 0.4) is 0 Å². The first-order valence-corrected chi connectivity index (χ1v) is 9.73. The number of carbonyl (C=O) groups excluding carboxylic acids is 2. The molecular formula is C19H22Cl3N3O4. The van der Waals surface area contributed by atoms with Crippen molar-refractivity contribution in [2.45, 2.75) is 19.8 Å². The van der Waals surface area contributed by atoms with Crippen molar-refractivity contribution in [3.8, 4) is 0 Å². The van der Waals surface area contributed by atoms with Gasteiger partial charge in [-0.3, -0.25) is 0 Å². The van der Waals surface area contributed by atoms with E-state index in [1.54, 1.807) is 6.07 Å². The van der Waals surface area contributed by atoms with Crippen molar-refractivity contribution in [3.63, 3.8) is 0 Å². The molecule has 0 atom stereocenters. The number of esters is 2. The van der Waals surface area contributed by atoms with Crippen molar-refractivity contribution in [3.05, 3.63) is 50.9 Å². The predicted octanol–water partition coefficient (Wildman–Crippen LogP) is 4.93. The Kier molecular flexibility index (Phi) is 10.7. The van der Waals surface area contributed by atoms with Gasteiger partial charge >= 0.3 is 11.9 Å². The zero-order valence-electron chi connectivity index (χ0n) is 16.5. The SMILES string of the molecule is CCCCN(C)c1cc(C(=O)OC)cc(Cl)n1.COC(=O)c1cc(Cl)nc(Cl)c1. The second-order valence-corrected chi connectivity index (χ2v) is 6.96. The first kappa shape index (κ1) is 24.9. The Labute approximate surface area is 184 Å². The zero-order valence-corrected chi connectivity index (χ0v) is 18.8. The van der Waals surface area contributed by atoms with Crippen molar-refractivity contribution in [2.24, 2.45) is 0 Å². The Morgan fingerprint density at radius 3 is 1.79 bits per heavy atom. The molecule has 0 amide bonds. The van der Waals surface area contributed by atoms with E-state index >= 15 is 0 Å². The van der Waals surface area contributed by atoms with E-state index in [0.717, 1.165) is 19.4 Å². The molecule has 0 aliphatic heterocycles. The number of halogens is 3. The van der Waals surface area contributed by atoms with E-state index in [0.29, 0.717) is 22.1 Å². The van der Waals surface area contributed by atoms with Crippen LogP contribution in [-0.4, -0.2) is 49.7 Å². The number of pyridine rings is 2. The lowest BCUT2D eigenvalue weighted by Gasteiger charge is -2.18. The molecule has 158 valence electrons. The molecule has 2 aromatic heterocycles. The Bertz CT molecular complexity index is 829. The lowest BCUT2D eigenvalue weighted by atomic mass is 10.2. The normalized spacial score (nSPS) is 9.90. The summed E-state index contributed by atoms with van der Waals surface area (Å²) in [6.45, 7) is 3.00. The number of anilines is 1. The van der Waals surface area contributed by atoms with Gasteiger partial charge in [0.2, 0.25) is 0 Å². The Morgan fingerprint density at radius 2 is 1.34 bits per heavy atom. The Morgan fingerprint density at radius 1 is 0.897 bits per heavy atom. The fourth-order valence-corrected chi connectivity index (χ4v) is 2.79. The predicted molar refractivity (Wildman–Crippen MR) is 114 cm³/mol. The molecule has 0 N–H and O–H groups in total. The van der Waals surface area contributed by atoms with Crippen LogP contribution in [0.2, 0.25) is 15.5 Å². The van der Waals surface area contributed by atoms with E-state index in [1.807, 2.05) is 11.9 Å². The van der Waals surface area contributed by atoms with Gasteiger partial charge in [0.25, 0.3) is 0 Å². The number of rotatable bonds is 6. The molecule has 0 aliphatic carbocycles. The molecule has 0 fully saturated rings. The van der Waals surface area contributed by atoms with Gasteiger partial charge in [-0.2, -0.15) is 0 Å². The van der Waals surface area contributed by atoms with E-state index in [1.165, 1.54) is 32.4 Å². The van der Waals surface area contributed by atoms with Gasteiger partial charge in [0, 0.05) is 13.6 Å². The maximum absolute atomic E-state index is 11.4. The van der Waals surface area contributed by atoms with Crippen molar-refractivity contribution in [2.75, 3.05) is 32.7 Å². The highest BCUT2D eigenvalue weighted by atomic mass is 35.5. The number of ether oxygens (including phenoxy) is 2. The highest BCUT2D eigenvalue weighted by Crippen LogP contribution is 2.18. The summed E-state index contributed by atoms with van der Waals surface area (Å²) in [6.07, 6.45) is 2.17. The summed E-state index contributed by atoms with van der Waals surface area (Å²) < 4.78 is 9.13. The van der Waals surface area contributed by atoms with Crippen LogP contribution >= 0.6 is 34.8 Å². The highest BCUT2D eigenvalue weighted by Gasteiger charge is 2.11. The van der Waals surface area contributed by atoms with Crippen molar-refractivity contribution >= 4 is 52.6 Å². The molecule has 2 rings (SSSR count). The second kappa shape index (κ2) is 12.5. The summed E-state index contributed by atoms with van der Waals surface area (Å²) in [5.41, 5.74) is 0.716. The van der Waals surface area contributed by atoms with Crippen LogP contribution in [0.5, 0.6) is 0 Å². The zero-order chi connectivity index (χ0) is 22.0. The summed E-state index contributed by atoms with van der Waals surface area (Å²) in [5, 5.41) is 0.636. The maximum atomic E-state index is 11.4. The van der Waals surface area contributed by atoms with E-state index < -0.39 is 11.9 Å². The van der Waals surface area contributed by atoms with Crippen LogP contribution in [0, 0.1) is 0 Å². The minimum absolute atomic E-state index is 0.169. The molecule has 0 saturated heterocycles. The Hall–Kier alpha value is -2.09. The van der Waals surface area contributed by atoms with Crippen molar-refractivity contribution in [1.82, 2.24) is 9.97 Å². The van der Waals surface area contributed by atoms with E-state index in [4.69, 9.17) is 34.8 Å². The molecule has 0 radical (unpaired) electrons. The van der Waals surface area contributed by atoms with Gasteiger partial charge in [-0.15, -0.1) is 0 Å². The van der Waals surface area contributed by atoms with Crippen LogP contribution in [-0.2, 0) is 9.47 Å². The highest BCUT2D eigenvalue weighted by molar-refractivity contribution is 6.33. The molecule has 2 heterocycles. The third kappa shape index (κ3) is 8.43. The molecule has 10 heteroatoms. The number of aromatic nitrogens is 2. The number of hydrogen-bond acceptors (Lipinski definition) is 7. The van der Waals surface area contributed by atoms with Gasteiger partial charge in [-0.05, 0) is 30.7 Å². The average Bonchev–Trinajstić information content (AvgIpc) is 2.69. The van der Waals surface area contributed by atoms with E-state index in [-0.39, 0.29) is 10.3 Å². The van der Waals surface area contributed by atoms with Gasteiger partial charge in [-0.25, -0.2) is 19.6 Å². The number of hydrogen-bond donors (Lipinski definition) is 0. The molecule has 0 unspecified atom stereocenters. The maximum Gasteiger partial charge on any atom is 0.338 e. The standard InChI is InChI=1S/C12H17ClN2O2.C7H5Cl2NO2/c1-4-5-6-15(2)11-8-9(12(16)17-3)7-10(13)14-11;1-12-7(11)4-2-5(8)10-6(9)3-4/h7-8H,4-6H2,1-3H3;2-3H,1H3. The summed E-state index contributed by atoms with van der Waals surface area (Å²) in [4.78, 5) is 32.2. The van der Waals surface area contributed by atoms with Gasteiger partial charge in [0.15, 0.2) is 0 Å². The summed E-state index contributed by atoms with van der Waals surface area (Å²) in [7, 11) is 4.55. The van der Waals surface area contributed by atoms with Crippen molar-refractivity contribution in [1.29, 1.82) is 0 Å². The lowest BCUT2D eigenvalue weighted by molar-refractivity contribution is 0.0592. The Balaban J connectivity index is 0.000000308. The van der Waals surface area contributed by atoms with Gasteiger partial charge in [-0.1, -0.05) is 48.1 Å². The summed E-state index contributed by atoms with van der Waals surface area (Å²) in [5.74, 6) is -0.202. The number of unbranched alkanes of at least 4 members (excludes halogenated alkanes) is 1. The topological polar surface area (TPSA) is 81.6 Å². The van der Waals surface area contributed by atoms with Crippen LogP contribution in [0.4, 0.5) is 5.82 Å². The first-order chi connectivity index (χ1) is 13.7. The first-order valence-electron chi connectivity index (χ1n) is 8.60. The van der Waals surface area contributed by atoms with Crippen LogP contribution in [0.1, 0.15) is 40.5 Å². The molecule has 0 aliphatic rings. The lowest BCUT2D eigenvalue weighted by Crippen LogP contribution is -2.20. The quantitative estimate of drug-likeness (QED) is 0.444. The van der Waals surface area contributed by atoms with Crippen LogP contribution in [0.25, 0.3) is 0 Å².